The second-order valence-corrected chi connectivity index (χ2v) is 7.90. The lowest BCUT2D eigenvalue weighted by Gasteiger charge is -2.37. The van der Waals surface area contributed by atoms with E-state index in [0.29, 0.717) is 0 Å². The van der Waals surface area contributed by atoms with Gasteiger partial charge in [-0.05, 0) is 33.6 Å². The Balaban J connectivity index is 1.51. The quantitative estimate of drug-likeness (QED) is 0.787. The minimum absolute atomic E-state index is 0.0510. The van der Waals surface area contributed by atoms with Crippen LogP contribution in [0.1, 0.15) is 40.5 Å². The molecule has 6 heteroatoms. The predicted molar refractivity (Wildman–Crippen MR) is 79.7 cm³/mol. The van der Waals surface area contributed by atoms with Gasteiger partial charge in [0.25, 0.3) is 0 Å². The third-order valence-corrected chi connectivity index (χ3v) is 5.16. The number of hydrogen-bond donors (Lipinski definition) is 1. The maximum Gasteiger partial charge on any atom is 0.237 e. The maximum absolute atomic E-state index is 6.19. The first-order valence-electron chi connectivity index (χ1n) is 8.15. The molecule has 4 saturated heterocycles. The normalized spacial score (nSPS) is 46.9. The van der Waals surface area contributed by atoms with Crippen LogP contribution in [0.4, 0.5) is 0 Å². The van der Waals surface area contributed by atoms with Gasteiger partial charge in [-0.25, -0.2) is 0 Å². The molecule has 6 nitrogen and oxygen atoms in total. The molecule has 4 heterocycles. The number of piperidine rings is 1. The van der Waals surface area contributed by atoms with Crippen LogP contribution in [0.5, 0.6) is 0 Å². The molecular formula is C16H26N2O4. The number of nitrogens with zero attached hydrogens (tertiary/aromatic N) is 1. The van der Waals surface area contributed by atoms with Crippen LogP contribution in [0.2, 0.25) is 0 Å². The molecule has 0 amide bonds. The largest absolute Gasteiger partial charge is 0.460 e. The van der Waals surface area contributed by atoms with E-state index in [0.717, 1.165) is 31.7 Å². The van der Waals surface area contributed by atoms with E-state index >= 15 is 0 Å². The van der Waals surface area contributed by atoms with Gasteiger partial charge < -0.3 is 29.6 Å². The lowest BCUT2D eigenvalue weighted by Crippen LogP contribution is -2.47. The Morgan fingerprint density at radius 1 is 1.09 bits per heavy atom. The van der Waals surface area contributed by atoms with Crippen LogP contribution in [-0.4, -0.2) is 53.4 Å². The minimum Gasteiger partial charge on any atom is -0.460 e. The van der Waals surface area contributed by atoms with Crippen molar-refractivity contribution in [3.63, 3.8) is 0 Å². The van der Waals surface area contributed by atoms with Crippen molar-refractivity contribution in [3.8, 4) is 0 Å². The zero-order valence-corrected chi connectivity index (χ0v) is 13.8. The van der Waals surface area contributed by atoms with E-state index in [9.17, 15) is 0 Å². The predicted octanol–water partition coefficient (Wildman–Crippen LogP) is 1.31. The van der Waals surface area contributed by atoms with Gasteiger partial charge in [-0.2, -0.15) is 0 Å². The lowest BCUT2D eigenvalue weighted by atomic mass is 9.91. The summed E-state index contributed by atoms with van der Waals surface area (Å²) in [7, 11) is 0. The summed E-state index contributed by atoms with van der Waals surface area (Å²) in [4.78, 5) is 2.27. The SMILES string of the molecule is CC1(N)CCN(/C=C2/OC3(C)O[C@@H]2[C@H]2OC(C)(C)O[C@H]23)CC1. The maximum atomic E-state index is 6.19. The first-order valence-corrected chi connectivity index (χ1v) is 8.15. The van der Waals surface area contributed by atoms with E-state index in [1.165, 1.54) is 0 Å². The van der Waals surface area contributed by atoms with Crippen LogP contribution in [0.3, 0.4) is 0 Å². The fourth-order valence-corrected chi connectivity index (χ4v) is 3.84. The average Bonchev–Trinajstić information content (AvgIpc) is 2.97. The summed E-state index contributed by atoms with van der Waals surface area (Å²) in [6.45, 7) is 9.81. The molecule has 0 aromatic heterocycles. The summed E-state index contributed by atoms with van der Waals surface area (Å²) in [5.41, 5.74) is 6.14. The van der Waals surface area contributed by atoms with Crippen molar-refractivity contribution in [1.82, 2.24) is 4.90 Å². The summed E-state index contributed by atoms with van der Waals surface area (Å²) >= 11 is 0. The van der Waals surface area contributed by atoms with Crippen molar-refractivity contribution < 1.29 is 18.9 Å². The fraction of sp³-hybridized carbons (Fsp3) is 0.875. The lowest BCUT2D eigenvalue weighted by molar-refractivity contribution is -0.230. The summed E-state index contributed by atoms with van der Waals surface area (Å²) in [6, 6.07) is 0. The molecule has 2 N–H and O–H groups in total. The van der Waals surface area contributed by atoms with Crippen molar-refractivity contribution in [1.29, 1.82) is 0 Å². The van der Waals surface area contributed by atoms with Gasteiger partial charge in [0.2, 0.25) is 5.79 Å². The molecule has 0 aromatic carbocycles. The number of likely N-dealkylation sites (tertiary alicyclic amines) is 1. The zero-order valence-electron chi connectivity index (χ0n) is 13.8. The van der Waals surface area contributed by atoms with Gasteiger partial charge in [-0.3, -0.25) is 0 Å². The standard InChI is InChI=1S/C16H26N2O4/c1-14(2)20-12-11-10(19-16(4,21-11)13(12)22-14)9-18-7-5-15(3,17)6-8-18/h9,11-13H,5-8,17H2,1-4H3/b10-9+/t11-,12+,13+,16?/m0/s1. The minimum atomic E-state index is -0.743. The van der Waals surface area contributed by atoms with Crippen LogP contribution < -0.4 is 5.73 Å². The summed E-state index contributed by atoms with van der Waals surface area (Å²) in [5, 5.41) is 0. The van der Waals surface area contributed by atoms with Gasteiger partial charge in [0.05, 0.1) is 0 Å². The smallest absolute Gasteiger partial charge is 0.237 e. The van der Waals surface area contributed by atoms with Crippen LogP contribution in [0.15, 0.2) is 12.0 Å². The highest BCUT2D eigenvalue weighted by atomic mass is 16.8. The number of ether oxygens (including phenoxy) is 4. The van der Waals surface area contributed by atoms with Crippen LogP contribution in [0, 0.1) is 0 Å². The molecule has 0 aromatic rings. The van der Waals surface area contributed by atoms with Gasteiger partial charge in [0.1, 0.15) is 18.0 Å². The van der Waals surface area contributed by atoms with Crippen LogP contribution >= 0.6 is 0 Å². The van der Waals surface area contributed by atoms with Crippen LogP contribution in [0.25, 0.3) is 0 Å². The molecule has 22 heavy (non-hydrogen) atoms. The van der Waals surface area contributed by atoms with Gasteiger partial charge in [-0.1, -0.05) is 0 Å². The Labute approximate surface area is 131 Å². The van der Waals surface area contributed by atoms with E-state index in [1.54, 1.807) is 0 Å². The Bertz CT molecular complexity index is 508. The van der Waals surface area contributed by atoms with Crippen molar-refractivity contribution in [3.05, 3.63) is 12.0 Å². The highest BCUT2D eigenvalue weighted by Gasteiger charge is 2.68. The van der Waals surface area contributed by atoms with Gasteiger partial charge in [0, 0.05) is 31.8 Å². The number of nitrogens with two attached hydrogens (primary N) is 1. The van der Waals surface area contributed by atoms with Gasteiger partial charge >= 0.3 is 0 Å². The Hall–Kier alpha value is -0.820. The van der Waals surface area contributed by atoms with E-state index in [4.69, 9.17) is 24.7 Å². The Kier molecular flexibility index (Phi) is 2.94. The molecular weight excluding hydrogens is 284 g/mol. The monoisotopic (exact) mass is 310 g/mol. The molecule has 4 aliphatic rings. The summed E-state index contributed by atoms with van der Waals surface area (Å²) < 4.78 is 24.1. The van der Waals surface area contributed by atoms with Crippen molar-refractivity contribution >= 4 is 0 Å². The molecule has 124 valence electrons. The zero-order chi connectivity index (χ0) is 15.8. The first kappa shape index (κ1) is 14.8. The van der Waals surface area contributed by atoms with E-state index in [2.05, 4.69) is 18.0 Å². The molecule has 4 aliphatic heterocycles. The molecule has 4 rings (SSSR count). The molecule has 4 atom stereocenters. The summed E-state index contributed by atoms with van der Waals surface area (Å²) in [5.74, 6) is -0.470. The Morgan fingerprint density at radius 3 is 2.45 bits per heavy atom. The highest BCUT2D eigenvalue weighted by Crippen LogP contribution is 2.52. The third-order valence-electron chi connectivity index (χ3n) is 5.16. The van der Waals surface area contributed by atoms with E-state index in [1.807, 2.05) is 20.8 Å². The first-order chi connectivity index (χ1) is 10.2. The van der Waals surface area contributed by atoms with Crippen molar-refractivity contribution in [2.75, 3.05) is 13.1 Å². The fourth-order valence-electron chi connectivity index (χ4n) is 3.84. The van der Waals surface area contributed by atoms with Crippen molar-refractivity contribution in [2.24, 2.45) is 5.73 Å². The number of fused-ring (bicyclic) bond motifs is 5. The van der Waals surface area contributed by atoms with E-state index < -0.39 is 11.6 Å². The molecule has 0 saturated carbocycles. The number of rotatable bonds is 1. The molecule has 0 spiro atoms. The second-order valence-electron chi connectivity index (χ2n) is 7.90. The van der Waals surface area contributed by atoms with Crippen LogP contribution in [-0.2, 0) is 18.9 Å². The second kappa shape index (κ2) is 4.38. The molecule has 1 unspecified atom stereocenters. The average molecular weight is 310 g/mol. The molecule has 4 fully saturated rings. The topological polar surface area (TPSA) is 66.2 Å². The third kappa shape index (κ3) is 2.24. The number of hydrogen-bond acceptors (Lipinski definition) is 6. The van der Waals surface area contributed by atoms with E-state index in [-0.39, 0.29) is 23.9 Å². The molecule has 0 radical (unpaired) electrons. The molecule has 0 aliphatic carbocycles. The molecule has 2 bridgehead atoms. The Morgan fingerprint density at radius 2 is 1.77 bits per heavy atom. The highest BCUT2D eigenvalue weighted by molar-refractivity contribution is 5.20. The van der Waals surface area contributed by atoms with Crippen molar-refractivity contribution in [2.45, 2.75) is 76.0 Å². The summed E-state index contributed by atoms with van der Waals surface area (Å²) in [6.07, 6.45) is 3.61. The van der Waals surface area contributed by atoms with Gasteiger partial charge in [0.15, 0.2) is 11.9 Å². The van der Waals surface area contributed by atoms with Gasteiger partial charge in [-0.15, -0.1) is 0 Å².